The van der Waals surface area contributed by atoms with Crippen LogP contribution in [-0.2, 0) is 7.05 Å². The molecule has 17 heavy (non-hydrogen) atoms. The Labute approximate surface area is 98.6 Å². The van der Waals surface area contributed by atoms with Gasteiger partial charge in [0.15, 0.2) is 0 Å². The first-order valence-electron chi connectivity index (χ1n) is 5.18. The van der Waals surface area contributed by atoms with Crippen molar-refractivity contribution in [3.63, 3.8) is 0 Å². The summed E-state index contributed by atoms with van der Waals surface area (Å²) in [5.74, 6) is -0.0264. The molecule has 1 amide bonds. The van der Waals surface area contributed by atoms with Crippen LogP contribution in [-0.4, -0.2) is 26.1 Å². The molecule has 2 aromatic rings. The minimum absolute atomic E-state index is 0.205. The van der Waals surface area contributed by atoms with E-state index in [9.17, 15) is 4.79 Å². The molecule has 0 fully saturated rings. The van der Waals surface area contributed by atoms with Gasteiger partial charge in [-0.3, -0.25) is 10.1 Å². The lowest BCUT2D eigenvalue weighted by Gasteiger charge is -2.03. The van der Waals surface area contributed by atoms with Gasteiger partial charge in [0.2, 0.25) is 0 Å². The van der Waals surface area contributed by atoms with E-state index < -0.39 is 0 Å². The number of anilines is 1. The van der Waals surface area contributed by atoms with Crippen LogP contribution in [0, 0.1) is 13.8 Å². The van der Waals surface area contributed by atoms with Crippen molar-refractivity contribution in [1.29, 1.82) is 0 Å². The molecular formula is C11H13N5O. The molecule has 0 bridgehead atoms. The minimum atomic E-state index is -0.232. The molecule has 1 aromatic carbocycles. The van der Waals surface area contributed by atoms with Gasteiger partial charge in [-0.1, -0.05) is 22.3 Å². The molecule has 0 atom stereocenters. The number of aromatic nitrogens is 4. The summed E-state index contributed by atoms with van der Waals surface area (Å²) in [6, 6.07) is 5.65. The van der Waals surface area contributed by atoms with Crippen LogP contribution in [0.1, 0.15) is 21.5 Å². The predicted octanol–water partition coefficient (Wildman–Crippen LogP) is 1.08. The first-order valence-corrected chi connectivity index (χ1v) is 5.18. The summed E-state index contributed by atoms with van der Waals surface area (Å²) in [6.45, 7) is 3.90. The third-order valence-electron chi connectivity index (χ3n) is 2.22. The highest BCUT2D eigenvalue weighted by Crippen LogP contribution is 2.10. The van der Waals surface area contributed by atoms with Crippen molar-refractivity contribution in [2.24, 2.45) is 7.05 Å². The Hall–Kier alpha value is -2.24. The van der Waals surface area contributed by atoms with Gasteiger partial charge < -0.3 is 0 Å². The smallest absolute Gasteiger partial charge is 0.270 e. The third-order valence-corrected chi connectivity index (χ3v) is 2.22. The van der Waals surface area contributed by atoms with Gasteiger partial charge in [0.05, 0.1) is 7.05 Å². The normalized spacial score (nSPS) is 10.3. The monoisotopic (exact) mass is 231 g/mol. The molecule has 0 saturated carbocycles. The lowest BCUT2D eigenvalue weighted by Crippen LogP contribution is -2.13. The first-order chi connectivity index (χ1) is 8.04. The number of benzene rings is 1. The summed E-state index contributed by atoms with van der Waals surface area (Å²) < 4.78 is 0. The highest BCUT2D eigenvalue weighted by Gasteiger charge is 2.09. The zero-order valence-electron chi connectivity index (χ0n) is 9.93. The SMILES string of the molecule is Cc1cc(C)cc(C(=O)Nc2nnn(C)n2)c1. The number of carbonyl (C=O) groups is 1. The highest BCUT2D eigenvalue weighted by atomic mass is 16.1. The average Bonchev–Trinajstić information content (AvgIpc) is 2.62. The van der Waals surface area contributed by atoms with E-state index in [1.807, 2.05) is 32.0 Å². The molecule has 1 heterocycles. The van der Waals surface area contributed by atoms with Gasteiger partial charge in [-0.15, -0.1) is 5.10 Å². The Morgan fingerprint density at radius 3 is 2.41 bits per heavy atom. The van der Waals surface area contributed by atoms with E-state index in [0.29, 0.717) is 5.56 Å². The van der Waals surface area contributed by atoms with E-state index in [-0.39, 0.29) is 11.9 Å². The molecule has 1 aromatic heterocycles. The van der Waals surface area contributed by atoms with Crippen LogP contribution in [0.5, 0.6) is 0 Å². The quantitative estimate of drug-likeness (QED) is 0.839. The summed E-state index contributed by atoms with van der Waals surface area (Å²) >= 11 is 0. The molecule has 88 valence electrons. The van der Waals surface area contributed by atoms with E-state index >= 15 is 0 Å². The van der Waals surface area contributed by atoms with E-state index in [4.69, 9.17) is 0 Å². The average molecular weight is 231 g/mol. The number of nitrogens with one attached hydrogen (secondary N) is 1. The molecule has 0 aliphatic rings. The fourth-order valence-corrected chi connectivity index (χ4v) is 1.61. The maximum atomic E-state index is 11.9. The zero-order valence-corrected chi connectivity index (χ0v) is 9.93. The van der Waals surface area contributed by atoms with E-state index in [1.165, 1.54) is 4.80 Å². The van der Waals surface area contributed by atoms with Crippen LogP contribution < -0.4 is 5.32 Å². The Morgan fingerprint density at radius 2 is 1.88 bits per heavy atom. The highest BCUT2D eigenvalue weighted by molar-refractivity contribution is 6.03. The van der Waals surface area contributed by atoms with Gasteiger partial charge in [-0.2, -0.15) is 4.80 Å². The van der Waals surface area contributed by atoms with Gasteiger partial charge in [-0.25, -0.2) is 0 Å². The van der Waals surface area contributed by atoms with Gasteiger partial charge >= 0.3 is 0 Å². The molecule has 6 heteroatoms. The maximum absolute atomic E-state index is 11.9. The maximum Gasteiger partial charge on any atom is 0.270 e. The largest absolute Gasteiger partial charge is 0.288 e. The van der Waals surface area contributed by atoms with Crippen LogP contribution in [0.25, 0.3) is 0 Å². The second-order valence-electron chi connectivity index (χ2n) is 3.93. The molecule has 0 aliphatic carbocycles. The Morgan fingerprint density at radius 1 is 1.24 bits per heavy atom. The van der Waals surface area contributed by atoms with Crippen LogP contribution in [0.15, 0.2) is 18.2 Å². The fraction of sp³-hybridized carbons (Fsp3) is 0.273. The second-order valence-corrected chi connectivity index (χ2v) is 3.93. The van der Waals surface area contributed by atoms with Crippen LogP contribution >= 0.6 is 0 Å². The number of hydrogen-bond donors (Lipinski definition) is 1. The van der Waals surface area contributed by atoms with Crippen LogP contribution in [0.3, 0.4) is 0 Å². The van der Waals surface area contributed by atoms with Gasteiger partial charge in [-0.05, 0) is 31.2 Å². The molecular weight excluding hydrogens is 218 g/mol. The molecule has 6 nitrogen and oxygen atoms in total. The third kappa shape index (κ3) is 2.66. The number of tetrazole rings is 1. The Kier molecular flexibility index (Phi) is 2.86. The molecule has 2 rings (SSSR count). The lowest BCUT2D eigenvalue weighted by molar-refractivity contribution is 0.102. The Balaban J connectivity index is 2.19. The van der Waals surface area contributed by atoms with Crippen molar-refractivity contribution in [2.75, 3.05) is 5.32 Å². The summed E-state index contributed by atoms with van der Waals surface area (Å²) in [5.41, 5.74) is 2.68. The second kappa shape index (κ2) is 4.32. The van der Waals surface area contributed by atoms with Gasteiger partial charge in [0, 0.05) is 5.56 Å². The molecule has 0 spiro atoms. The number of hydrogen-bond acceptors (Lipinski definition) is 4. The van der Waals surface area contributed by atoms with Crippen molar-refractivity contribution in [3.05, 3.63) is 34.9 Å². The predicted molar refractivity (Wildman–Crippen MR) is 62.7 cm³/mol. The molecule has 1 N–H and O–H groups in total. The van der Waals surface area contributed by atoms with Crippen molar-refractivity contribution < 1.29 is 4.79 Å². The fourth-order valence-electron chi connectivity index (χ4n) is 1.61. The van der Waals surface area contributed by atoms with Crippen molar-refractivity contribution in [1.82, 2.24) is 20.2 Å². The number of aryl methyl sites for hydroxylation is 3. The molecule has 0 saturated heterocycles. The zero-order chi connectivity index (χ0) is 12.4. The standard InChI is InChI=1S/C11H13N5O/c1-7-4-8(2)6-9(5-7)10(17)12-11-13-15-16(3)14-11/h4-6H,1-3H3,(H,12,14,17). The summed E-state index contributed by atoms with van der Waals surface area (Å²) in [7, 11) is 1.64. The summed E-state index contributed by atoms with van der Waals surface area (Å²) in [4.78, 5) is 13.2. The van der Waals surface area contributed by atoms with Crippen LogP contribution in [0.2, 0.25) is 0 Å². The Bertz CT molecular complexity index is 540. The topological polar surface area (TPSA) is 72.7 Å². The number of nitrogens with zero attached hydrogens (tertiary/aromatic N) is 4. The molecule has 0 unspecified atom stereocenters. The van der Waals surface area contributed by atoms with E-state index in [0.717, 1.165) is 11.1 Å². The first kappa shape index (κ1) is 11.3. The minimum Gasteiger partial charge on any atom is -0.288 e. The van der Waals surface area contributed by atoms with Gasteiger partial charge in [0.25, 0.3) is 11.9 Å². The number of carbonyl (C=O) groups excluding carboxylic acids is 1. The van der Waals surface area contributed by atoms with E-state index in [2.05, 4.69) is 20.7 Å². The van der Waals surface area contributed by atoms with Crippen molar-refractivity contribution >= 4 is 11.9 Å². The number of rotatable bonds is 2. The molecule has 0 radical (unpaired) electrons. The van der Waals surface area contributed by atoms with Gasteiger partial charge in [0.1, 0.15) is 0 Å². The summed E-state index contributed by atoms with van der Waals surface area (Å²) in [6.07, 6.45) is 0. The van der Waals surface area contributed by atoms with Crippen LogP contribution in [0.4, 0.5) is 5.95 Å². The lowest BCUT2D eigenvalue weighted by atomic mass is 10.1. The van der Waals surface area contributed by atoms with Crippen molar-refractivity contribution in [2.45, 2.75) is 13.8 Å². The molecule has 0 aliphatic heterocycles. The van der Waals surface area contributed by atoms with Crippen molar-refractivity contribution in [3.8, 4) is 0 Å². The van der Waals surface area contributed by atoms with E-state index in [1.54, 1.807) is 7.05 Å². The number of amides is 1. The summed E-state index contributed by atoms with van der Waals surface area (Å²) in [5, 5.41) is 13.8.